The fraction of sp³-hybridized carbons (Fsp3) is 0.594. The Morgan fingerprint density at radius 1 is 0.663 bits per heavy atom. The highest BCUT2D eigenvalue weighted by Crippen LogP contribution is 2.38. The van der Waals surface area contributed by atoms with Crippen LogP contribution in [0.25, 0.3) is 21.8 Å². The average Bonchev–Trinajstić information content (AvgIpc) is 2.34. The maximum absolute atomic E-state index is 14.7. The van der Waals surface area contributed by atoms with E-state index in [1.54, 1.807) is 59.1 Å². The molecule has 18 nitrogen and oxygen atoms in total. The number of esters is 1. The summed E-state index contributed by atoms with van der Waals surface area (Å²) in [7, 11) is 14.3. The Bertz CT molecular complexity index is 3250. The molecule has 0 saturated carbocycles. The lowest BCUT2D eigenvalue weighted by molar-refractivity contribution is -0.146. The van der Waals surface area contributed by atoms with Crippen LogP contribution in [0.4, 0.5) is 0 Å². The summed E-state index contributed by atoms with van der Waals surface area (Å²) in [5, 5.41) is 24.6. The van der Waals surface area contributed by atoms with E-state index in [2.05, 4.69) is 44.0 Å². The molecule has 4 amide bonds. The van der Waals surface area contributed by atoms with Crippen molar-refractivity contribution in [2.24, 2.45) is 48.6 Å². The maximum atomic E-state index is 14.7. The number of ketones is 2. The smallest absolute Gasteiger partial charge is 0.327 e. The van der Waals surface area contributed by atoms with Gasteiger partial charge in [0.2, 0.25) is 23.6 Å². The number of allylic oxidation sites excluding steroid dienone is 1. The molecule has 2 aromatic heterocycles. The Kier molecular flexibility index (Phi) is 26.4. The number of aromatic nitrogens is 2. The lowest BCUT2D eigenvalue weighted by atomic mass is 9.72. The molecule has 0 aliphatic heterocycles. The predicted molar refractivity (Wildman–Crippen MR) is 361 cm³/mol. The second-order valence-electron chi connectivity index (χ2n) is 27.9. The number of rotatable bonds is 31. The molecule has 5 N–H and O–H groups in total. The third kappa shape index (κ3) is 18.3. The number of ether oxygens (including phenoxy) is 1. The third-order valence-corrected chi connectivity index (χ3v) is 20.2. The summed E-state index contributed by atoms with van der Waals surface area (Å²) in [5.41, 5.74) is 1.87. The number of carbonyl (C=O) groups is 8. The minimum absolute atomic E-state index is 0.0144. The van der Waals surface area contributed by atoms with Crippen LogP contribution in [-0.2, 0) is 68.0 Å². The van der Waals surface area contributed by atoms with Gasteiger partial charge < -0.3 is 50.0 Å². The number of fused-ring (bicyclic) bond motifs is 2. The zero-order valence-corrected chi connectivity index (χ0v) is 58.9. The Morgan fingerprint density at radius 3 is 1.71 bits per heavy atom. The van der Waals surface area contributed by atoms with Crippen LogP contribution >= 0.6 is 21.6 Å². The molecule has 0 unspecified atom stereocenters. The van der Waals surface area contributed by atoms with Gasteiger partial charge in [0, 0.05) is 103 Å². The number of benzene rings is 2. The first kappa shape index (κ1) is 75.2. The molecular formula is C69H104N8O10S2. The van der Waals surface area contributed by atoms with Crippen molar-refractivity contribution in [1.82, 2.24) is 40.2 Å². The van der Waals surface area contributed by atoms with E-state index in [1.807, 2.05) is 158 Å². The van der Waals surface area contributed by atoms with E-state index in [0.29, 0.717) is 5.57 Å². The second kappa shape index (κ2) is 31.2. The molecule has 4 rings (SSSR count). The van der Waals surface area contributed by atoms with Crippen LogP contribution < -0.4 is 21.3 Å². The van der Waals surface area contributed by atoms with Crippen molar-refractivity contribution in [3.63, 3.8) is 0 Å². The molecule has 4 aromatic rings. The van der Waals surface area contributed by atoms with Gasteiger partial charge in [-0.25, -0.2) is 4.79 Å². The summed E-state index contributed by atoms with van der Waals surface area (Å²) in [6.07, 6.45) is 5.18. The first-order valence-electron chi connectivity index (χ1n) is 30.8. The number of carboxylic acid groups (broad SMARTS) is 1. The highest BCUT2D eigenvalue weighted by molar-refractivity contribution is 8.76. The van der Waals surface area contributed by atoms with Gasteiger partial charge in [-0.2, -0.15) is 0 Å². The van der Waals surface area contributed by atoms with Crippen LogP contribution in [0, 0.1) is 34.5 Å². The van der Waals surface area contributed by atoms with E-state index in [9.17, 15) is 43.5 Å². The molecule has 0 radical (unpaired) electrons. The molecule has 492 valence electrons. The molecular weight excluding hydrogens is 1160 g/mol. The van der Waals surface area contributed by atoms with E-state index in [0.717, 1.165) is 43.9 Å². The zero-order chi connectivity index (χ0) is 67.6. The van der Waals surface area contributed by atoms with Gasteiger partial charge in [0.05, 0.1) is 37.2 Å². The molecule has 2 heterocycles. The van der Waals surface area contributed by atoms with Gasteiger partial charge in [-0.05, 0) is 85.3 Å². The van der Waals surface area contributed by atoms with Crippen LogP contribution in [0.2, 0.25) is 0 Å². The Morgan fingerprint density at radius 2 is 1.19 bits per heavy atom. The van der Waals surface area contributed by atoms with Gasteiger partial charge in [-0.1, -0.05) is 167 Å². The number of nitrogens with one attached hydrogen (secondary N) is 4. The quantitative estimate of drug-likeness (QED) is 0.0137. The van der Waals surface area contributed by atoms with Crippen LogP contribution in [0.3, 0.4) is 0 Å². The number of methoxy groups -OCH3 is 1. The number of Topliss-reactive ketones (excluding diaryl/α,β-unsaturated/α-hetero) is 2. The number of carboxylic acids is 1. The van der Waals surface area contributed by atoms with Crippen LogP contribution in [0.1, 0.15) is 135 Å². The molecule has 0 saturated heterocycles. The monoisotopic (exact) mass is 1270 g/mol. The van der Waals surface area contributed by atoms with Gasteiger partial charge in [0.15, 0.2) is 11.6 Å². The summed E-state index contributed by atoms with van der Waals surface area (Å²) >= 11 is 0. The first-order valence-corrected chi connectivity index (χ1v) is 33.3. The fourth-order valence-electron chi connectivity index (χ4n) is 12.1. The summed E-state index contributed by atoms with van der Waals surface area (Å²) in [5.74, 6) is -5.92. The van der Waals surface area contributed by atoms with Crippen LogP contribution in [0.15, 0.2) is 84.1 Å². The van der Waals surface area contributed by atoms with Gasteiger partial charge in [-0.15, -0.1) is 0 Å². The Labute approximate surface area is 537 Å². The van der Waals surface area contributed by atoms with Crippen molar-refractivity contribution < 1.29 is 48.2 Å². The molecule has 0 spiro atoms. The number of nitrogens with zero attached hydrogens (tertiary/aromatic N) is 4. The molecule has 8 atom stereocenters. The number of amides is 4. The second-order valence-corrected chi connectivity index (χ2v) is 30.5. The minimum Gasteiger partial charge on any atom is -0.480 e. The highest BCUT2D eigenvalue weighted by atomic mass is 33.1. The summed E-state index contributed by atoms with van der Waals surface area (Å²) < 4.78 is 9.27. The summed E-state index contributed by atoms with van der Waals surface area (Å²) in [4.78, 5) is 115. The molecule has 0 fully saturated rings. The fourth-order valence-corrected chi connectivity index (χ4v) is 14.6. The molecule has 89 heavy (non-hydrogen) atoms. The van der Waals surface area contributed by atoms with Crippen LogP contribution in [0.5, 0.6) is 0 Å². The number of hydrogen-bond donors (Lipinski definition) is 5. The van der Waals surface area contributed by atoms with Crippen molar-refractivity contribution >= 4 is 90.5 Å². The van der Waals surface area contributed by atoms with Crippen molar-refractivity contribution in [2.45, 2.75) is 171 Å². The summed E-state index contributed by atoms with van der Waals surface area (Å²) in [6, 6.07) is 13.4. The molecule has 0 aliphatic carbocycles. The largest absolute Gasteiger partial charge is 0.480 e. The minimum atomic E-state index is -1.35. The first-order chi connectivity index (χ1) is 41.2. The average molecular weight is 1270 g/mol. The van der Waals surface area contributed by atoms with E-state index < -0.39 is 87.6 Å². The summed E-state index contributed by atoms with van der Waals surface area (Å²) in [6.45, 7) is 30.5. The number of aliphatic carboxylic acids is 1. The molecule has 0 bridgehead atoms. The normalized spacial score (nSPS) is 15.7. The van der Waals surface area contributed by atoms with Crippen LogP contribution in [-0.4, -0.2) is 154 Å². The van der Waals surface area contributed by atoms with E-state index in [-0.39, 0.29) is 71.0 Å². The third-order valence-electron chi connectivity index (χ3n) is 17.7. The van der Waals surface area contributed by atoms with Gasteiger partial charge in [-0.3, -0.25) is 33.6 Å². The maximum Gasteiger partial charge on any atom is 0.327 e. The highest BCUT2D eigenvalue weighted by Gasteiger charge is 2.45. The van der Waals surface area contributed by atoms with Gasteiger partial charge in [0.25, 0.3) is 0 Å². The van der Waals surface area contributed by atoms with Gasteiger partial charge >= 0.3 is 11.9 Å². The molecule has 2 aromatic carbocycles. The number of carbonyl (C=O) groups excluding carboxylic acids is 7. The Balaban J connectivity index is 1.43. The van der Waals surface area contributed by atoms with Crippen molar-refractivity contribution in [3.8, 4) is 0 Å². The molecule has 20 heteroatoms. The van der Waals surface area contributed by atoms with Crippen molar-refractivity contribution in [1.29, 1.82) is 0 Å². The Hall–Kier alpha value is -6.22. The van der Waals surface area contributed by atoms with Crippen molar-refractivity contribution in [2.75, 3.05) is 46.8 Å². The number of hydrogen-bond acceptors (Lipinski definition) is 13. The number of likely N-dealkylation sites (N-methyl/N-ethyl adjacent to an activating group) is 4. The predicted octanol–water partition coefficient (Wildman–Crippen LogP) is 9.81. The zero-order valence-electron chi connectivity index (χ0n) is 57.3. The number of para-hydroxylation sites is 2. The van der Waals surface area contributed by atoms with E-state index in [4.69, 9.17) is 4.74 Å². The SMILES string of the molecule is CN[C@H](C(=O)N[C@H](C(=O)N(C)[C@H](/C=C(\C)C(=O)N[C@@H](CSSC[C@H](CC(=O)/C(C)=C/[C@H](C(C)C)N(C)C(=O)[C@@H](CC(=O)[C@@H](NC)C(C)(C)c1cc2ccccc2n1C)C(C)(C)C)C(=O)OC)C(=O)O)C(C)C)C(C)(C)C)C(C)(C)c1cn(C)c2ccccc12. The van der Waals surface area contributed by atoms with E-state index >= 15 is 0 Å². The van der Waals surface area contributed by atoms with Gasteiger partial charge in [0.1, 0.15) is 12.1 Å². The lowest BCUT2D eigenvalue weighted by Crippen LogP contribution is -2.61. The lowest BCUT2D eigenvalue weighted by Gasteiger charge is -2.39. The molecule has 0 aliphatic rings. The standard InChI is InChI=1S/C69H104N8O10S2/c1-40(2)52(76(21)62(82)47(66(7,8)9)36-55(79)57(70-17)69(15,16)56-35-44-28-24-26-30-50(44)75(56)20)32-42(5)54(78)34-45(65(86)87-23)38-88-89-39-49(64(84)85)72-60(80)43(6)33-53(41(3)4)77(22)63(83)59(67(10,11)12)73-61(81)58(71-18)68(13,14)48-37-74(19)51-31-27-25-29-46(48)51/h24-33,35,37,40-41,45,47,49,52-53,57-59,70-71H,34,36,38-39H2,1-23H3,(H,72,80)(H,73,81)(H,84,85)/b42-32+,43-33+/t45-,47+,49-,52+,53+,57+,58+,59+/m0/s1. The topological polar surface area (TPSA) is 230 Å². The number of aryl methyl sites for hydroxylation is 2. The van der Waals surface area contributed by atoms with Crippen molar-refractivity contribution in [3.05, 3.63) is 95.3 Å². The van der Waals surface area contributed by atoms with E-state index in [1.165, 1.54) is 22.8 Å².